The van der Waals surface area contributed by atoms with Crippen molar-refractivity contribution in [2.24, 2.45) is 11.8 Å². The first-order valence-corrected chi connectivity index (χ1v) is 6.93. The van der Waals surface area contributed by atoms with E-state index < -0.39 is 0 Å². The van der Waals surface area contributed by atoms with E-state index in [1.807, 2.05) is 0 Å². The van der Waals surface area contributed by atoms with Gasteiger partial charge in [0.25, 0.3) is 0 Å². The molecular formula is C13H24N4O. The van der Waals surface area contributed by atoms with Gasteiger partial charge >= 0.3 is 6.01 Å². The van der Waals surface area contributed by atoms with Crippen LogP contribution in [-0.4, -0.2) is 22.8 Å². The van der Waals surface area contributed by atoms with E-state index in [0.717, 1.165) is 12.5 Å². The van der Waals surface area contributed by atoms with E-state index in [-0.39, 0.29) is 0 Å². The van der Waals surface area contributed by atoms with Gasteiger partial charge in [-0.3, -0.25) is 0 Å². The third kappa shape index (κ3) is 4.64. The molecule has 1 aromatic heterocycles. The molecule has 1 aliphatic rings. The molecule has 0 aliphatic heterocycles. The number of aromatic nitrogens is 2. The van der Waals surface area contributed by atoms with Crippen molar-refractivity contribution in [2.75, 3.05) is 11.9 Å². The zero-order valence-corrected chi connectivity index (χ0v) is 11.6. The fraction of sp³-hybridized carbons (Fsp3) is 0.846. The minimum Gasteiger partial charge on any atom is -0.407 e. The lowest BCUT2D eigenvalue weighted by Crippen LogP contribution is -2.19. The van der Waals surface area contributed by atoms with Crippen LogP contribution in [0.5, 0.6) is 0 Å². The standard InChI is InChI=1S/C13H24N4O/c1-9(2)7-14-8-12-16-17-13(18-12)15-10(3)6-11-4-5-11/h9-11,14H,4-8H2,1-3H3,(H,15,17). The zero-order valence-electron chi connectivity index (χ0n) is 11.6. The summed E-state index contributed by atoms with van der Waals surface area (Å²) in [6.45, 7) is 8.12. The number of rotatable bonds is 8. The summed E-state index contributed by atoms with van der Waals surface area (Å²) in [6, 6.07) is 0.957. The van der Waals surface area contributed by atoms with Gasteiger partial charge in [0.2, 0.25) is 5.89 Å². The van der Waals surface area contributed by atoms with Crippen LogP contribution in [0.25, 0.3) is 0 Å². The molecule has 5 heteroatoms. The summed E-state index contributed by atoms with van der Waals surface area (Å²) in [5, 5.41) is 14.6. The van der Waals surface area contributed by atoms with E-state index in [2.05, 4.69) is 41.6 Å². The van der Waals surface area contributed by atoms with Crippen molar-refractivity contribution >= 4 is 6.01 Å². The van der Waals surface area contributed by atoms with Crippen molar-refractivity contribution in [3.8, 4) is 0 Å². The lowest BCUT2D eigenvalue weighted by Gasteiger charge is -2.10. The second-order valence-electron chi connectivity index (χ2n) is 5.75. The number of anilines is 1. The molecule has 2 N–H and O–H groups in total. The fourth-order valence-electron chi connectivity index (χ4n) is 1.97. The highest BCUT2D eigenvalue weighted by Crippen LogP contribution is 2.33. The Morgan fingerprint density at radius 2 is 2.06 bits per heavy atom. The van der Waals surface area contributed by atoms with Crippen LogP contribution in [0.2, 0.25) is 0 Å². The predicted octanol–water partition coefficient (Wildman–Crippen LogP) is 2.42. The van der Waals surface area contributed by atoms with Gasteiger partial charge in [-0.25, -0.2) is 0 Å². The molecule has 0 amide bonds. The third-order valence-corrected chi connectivity index (χ3v) is 3.05. The van der Waals surface area contributed by atoms with Crippen molar-refractivity contribution in [3.05, 3.63) is 5.89 Å². The van der Waals surface area contributed by atoms with Crippen LogP contribution in [-0.2, 0) is 6.54 Å². The molecule has 1 aliphatic carbocycles. The first-order chi connectivity index (χ1) is 8.63. The van der Waals surface area contributed by atoms with Gasteiger partial charge in [-0.1, -0.05) is 31.8 Å². The van der Waals surface area contributed by atoms with Gasteiger partial charge in [0, 0.05) is 6.04 Å². The highest BCUT2D eigenvalue weighted by molar-refractivity contribution is 5.19. The number of nitrogens with zero attached hydrogens (tertiary/aromatic N) is 2. The van der Waals surface area contributed by atoms with Crippen LogP contribution in [0, 0.1) is 11.8 Å². The molecule has 0 spiro atoms. The molecule has 0 radical (unpaired) electrons. The Balaban J connectivity index is 1.71. The highest BCUT2D eigenvalue weighted by atomic mass is 16.4. The molecule has 1 saturated carbocycles. The minimum absolute atomic E-state index is 0.412. The number of hydrogen-bond acceptors (Lipinski definition) is 5. The van der Waals surface area contributed by atoms with Gasteiger partial charge in [0.05, 0.1) is 6.54 Å². The molecule has 0 aromatic carbocycles. The quantitative estimate of drug-likeness (QED) is 0.744. The van der Waals surface area contributed by atoms with E-state index in [1.165, 1.54) is 19.3 Å². The molecule has 18 heavy (non-hydrogen) atoms. The molecule has 1 atom stereocenters. The summed E-state index contributed by atoms with van der Waals surface area (Å²) in [4.78, 5) is 0. The van der Waals surface area contributed by atoms with Crippen molar-refractivity contribution in [3.63, 3.8) is 0 Å². The number of nitrogens with one attached hydrogen (secondary N) is 2. The summed E-state index contributed by atoms with van der Waals surface area (Å²) < 4.78 is 5.54. The van der Waals surface area contributed by atoms with Crippen LogP contribution < -0.4 is 10.6 Å². The Bertz CT molecular complexity index is 360. The average Bonchev–Trinajstić information content (AvgIpc) is 2.98. The Labute approximate surface area is 109 Å². The molecule has 102 valence electrons. The van der Waals surface area contributed by atoms with Crippen molar-refractivity contribution in [1.29, 1.82) is 0 Å². The van der Waals surface area contributed by atoms with E-state index in [4.69, 9.17) is 4.42 Å². The third-order valence-electron chi connectivity index (χ3n) is 3.05. The maximum atomic E-state index is 5.54. The lowest BCUT2D eigenvalue weighted by atomic mass is 10.2. The Morgan fingerprint density at radius 1 is 1.28 bits per heavy atom. The molecule has 1 aromatic rings. The lowest BCUT2D eigenvalue weighted by molar-refractivity contribution is 0.454. The van der Waals surface area contributed by atoms with E-state index in [0.29, 0.717) is 30.4 Å². The van der Waals surface area contributed by atoms with Gasteiger partial charge in [-0.05, 0) is 31.7 Å². The van der Waals surface area contributed by atoms with Crippen LogP contribution >= 0.6 is 0 Å². The van der Waals surface area contributed by atoms with Crippen molar-refractivity contribution in [2.45, 2.75) is 52.6 Å². The van der Waals surface area contributed by atoms with Crippen LogP contribution in [0.3, 0.4) is 0 Å². The molecule has 1 heterocycles. The summed E-state index contributed by atoms with van der Waals surface area (Å²) in [6.07, 6.45) is 3.95. The Hall–Kier alpha value is -1.10. The first kappa shape index (κ1) is 13.3. The van der Waals surface area contributed by atoms with Crippen LogP contribution in [0.15, 0.2) is 4.42 Å². The van der Waals surface area contributed by atoms with E-state index >= 15 is 0 Å². The second kappa shape index (κ2) is 6.18. The minimum atomic E-state index is 0.412. The largest absolute Gasteiger partial charge is 0.407 e. The Morgan fingerprint density at radius 3 is 2.72 bits per heavy atom. The summed E-state index contributed by atoms with van der Waals surface area (Å²) in [5.74, 6) is 2.18. The maximum absolute atomic E-state index is 5.54. The summed E-state index contributed by atoms with van der Waals surface area (Å²) in [7, 11) is 0. The normalized spacial score (nSPS) is 17.1. The molecular weight excluding hydrogens is 228 g/mol. The summed E-state index contributed by atoms with van der Waals surface area (Å²) in [5.41, 5.74) is 0. The highest BCUT2D eigenvalue weighted by Gasteiger charge is 2.24. The Kier molecular flexibility index (Phi) is 4.58. The maximum Gasteiger partial charge on any atom is 0.315 e. The molecule has 2 rings (SSSR count). The predicted molar refractivity (Wildman–Crippen MR) is 71.3 cm³/mol. The van der Waals surface area contributed by atoms with E-state index in [9.17, 15) is 0 Å². The molecule has 1 fully saturated rings. The van der Waals surface area contributed by atoms with Gasteiger partial charge in [0.15, 0.2) is 0 Å². The van der Waals surface area contributed by atoms with Gasteiger partial charge in [-0.15, -0.1) is 5.10 Å². The fourth-order valence-corrected chi connectivity index (χ4v) is 1.97. The van der Waals surface area contributed by atoms with Gasteiger partial charge in [-0.2, -0.15) is 0 Å². The molecule has 5 nitrogen and oxygen atoms in total. The summed E-state index contributed by atoms with van der Waals surface area (Å²) >= 11 is 0. The van der Waals surface area contributed by atoms with Crippen LogP contribution in [0.1, 0.15) is 45.9 Å². The van der Waals surface area contributed by atoms with Crippen molar-refractivity contribution < 1.29 is 4.42 Å². The first-order valence-electron chi connectivity index (χ1n) is 6.93. The van der Waals surface area contributed by atoms with Crippen molar-refractivity contribution in [1.82, 2.24) is 15.5 Å². The zero-order chi connectivity index (χ0) is 13.0. The molecule has 0 bridgehead atoms. The number of hydrogen-bond donors (Lipinski definition) is 2. The smallest absolute Gasteiger partial charge is 0.315 e. The van der Waals surface area contributed by atoms with Gasteiger partial charge in [0.1, 0.15) is 0 Å². The topological polar surface area (TPSA) is 63.0 Å². The van der Waals surface area contributed by atoms with Crippen LogP contribution in [0.4, 0.5) is 6.01 Å². The molecule has 1 unspecified atom stereocenters. The molecule has 0 saturated heterocycles. The second-order valence-corrected chi connectivity index (χ2v) is 5.75. The van der Waals surface area contributed by atoms with Gasteiger partial charge < -0.3 is 15.1 Å². The SMILES string of the molecule is CC(C)CNCc1nnc(NC(C)CC2CC2)o1. The average molecular weight is 252 g/mol. The van der Waals surface area contributed by atoms with E-state index in [1.54, 1.807) is 0 Å². The monoisotopic (exact) mass is 252 g/mol.